The van der Waals surface area contributed by atoms with E-state index in [2.05, 4.69) is 10.3 Å². The molecule has 0 aliphatic heterocycles. The zero-order valence-electron chi connectivity index (χ0n) is 17.9. The Balaban J connectivity index is 1.56. The van der Waals surface area contributed by atoms with Gasteiger partial charge in [0, 0.05) is 12.3 Å². The standard InChI is InChI=1S/C25H24N2O5/c1-3-4-15-31-19-10-12-20(13-11-19)32-24-14-9-18(17-26-24)16-23(28)27-22-8-6-5-7-21(22)25(29)30-2/h3-14,17H,15-16H2,1-2H3,(H,27,28)/b4-3+. The van der Waals surface area contributed by atoms with Crippen molar-refractivity contribution in [3.63, 3.8) is 0 Å². The molecule has 0 saturated carbocycles. The van der Waals surface area contributed by atoms with E-state index < -0.39 is 5.97 Å². The number of aromatic nitrogens is 1. The minimum absolute atomic E-state index is 0.0982. The zero-order valence-corrected chi connectivity index (χ0v) is 17.9. The number of esters is 1. The van der Waals surface area contributed by atoms with E-state index in [-0.39, 0.29) is 12.3 Å². The summed E-state index contributed by atoms with van der Waals surface area (Å²) in [5.41, 5.74) is 1.40. The van der Waals surface area contributed by atoms with E-state index in [1.165, 1.54) is 7.11 Å². The predicted molar refractivity (Wildman–Crippen MR) is 121 cm³/mol. The van der Waals surface area contributed by atoms with Crippen molar-refractivity contribution in [1.29, 1.82) is 0 Å². The number of carbonyl (C=O) groups is 2. The number of rotatable bonds is 9. The molecule has 32 heavy (non-hydrogen) atoms. The molecule has 7 nitrogen and oxygen atoms in total. The summed E-state index contributed by atoms with van der Waals surface area (Å²) in [6, 6.07) is 17.4. The molecule has 1 heterocycles. The van der Waals surface area contributed by atoms with Gasteiger partial charge in [0.1, 0.15) is 18.1 Å². The van der Waals surface area contributed by atoms with Gasteiger partial charge < -0.3 is 19.5 Å². The maximum Gasteiger partial charge on any atom is 0.339 e. The van der Waals surface area contributed by atoms with Gasteiger partial charge in [0.2, 0.25) is 11.8 Å². The Bertz CT molecular complexity index is 1080. The van der Waals surface area contributed by atoms with Crippen LogP contribution in [0.4, 0.5) is 5.69 Å². The first kappa shape index (κ1) is 22.6. The molecule has 0 spiro atoms. The molecule has 1 amide bonds. The lowest BCUT2D eigenvalue weighted by Gasteiger charge is -2.10. The number of nitrogens with zero attached hydrogens (tertiary/aromatic N) is 1. The Morgan fingerprint density at radius 3 is 2.44 bits per heavy atom. The summed E-state index contributed by atoms with van der Waals surface area (Å²) in [5.74, 6) is 0.999. The maximum absolute atomic E-state index is 12.4. The number of pyridine rings is 1. The smallest absolute Gasteiger partial charge is 0.339 e. The molecule has 0 aliphatic carbocycles. The Hall–Kier alpha value is -4.13. The van der Waals surface area contributed by atoms with Crippen molar-refractivity contribution < 1.29 is 23.8 Å². The maximum atomic E-state index is 12.4. The first-order chi connectivity index (χ1) is 15.6. The van der Waals surface area contributed by atoms with Crippen molar-refractivity contribution in [2.24, 2.45) is 0 Å². The molecule has 1 N–H and O–H groups in total. The van der Waals surface area contributed by atoms with E-state index in [0.717, 1.165) is 5.75 Å². The van der Waals surface area contributed by atoms with Crippen LogP contribution >= 0.6 is 0 Å². The zero-order chi connectivity index (χ0) is 22.8. The third-order valence-electron chi connectivity index (χ3n) is 4.40. The molecule has 0 bridgehead atoms. The van der Waals surface area contributed by atoms with Gasteiger partial charge in [-0.25, -0.2) is 9.78 Å². The lowest BCUT2D eigenvalue weighted by atomic mass is 10.1. The van der Waals surface area contributed by atoms with Gasteiger partial charge in [-0.2, -0.15) is 0 Å². The first-order valence-electron chi connectivity index (χ1n) is 10.0. The molecule has 164 valence electrons. The van der Waals surface area contributed by atoms with Crippen LogP contribution in [0.3, 0.4) is 0 Å². The summed E-state index contributed by atoms with van der Waals surface area (Å²) in [6.45, 7) is 2.46. The van der Waals surface area contributed by atoms with Gasteiger partial charge in [0.05, 0.1) is 24.8 Å². The fraction of sp³-hybridized carbons (Fsp3) is 0.160. The molecule has 0 saturated heterocycles. The minimum Gasteiger partial charge on any atom is -0.490 e. The van der Waals surface area contributed by atoms with Crippen LogP contribution in [0.25, 0.3) is 0 Å². The average Bonchev–Trinajstić information content (AvgIpc) is 2.81. The average molecular weight is 432 g/mol. The minimum atomic E-state index is -0.513. The van der Waals surface area contributed by atoms with Crippen LogP contribution < -0.4 is 14.8 Å². The van der Waals surface area contributed by atoms with Crippen LogP contribution in [0.1, 0.15) is 22.8 Å². The monoisotopic (exact) mass is 432 g/mol. The van der Waals surface area contributed by atoms with Crippen LogP contribution in [0.5, 0.6) is 17.4 Å². The highest BCUT2D eigenvalue weighted by molar-refractivity contribution is 6.01. The highest BCUT2D eigenvalue weighted by Crippen LogP contribution is 2.23. The topological polar surface area (TPSA) is 86.8 Å². The summed E-state index contributed by atoms with van der Waals surface area (Å²) in [4.78, 5) is 28.5. The normalized spacial score (nSPS) is 10.6. The van der Waals surface area contributed by atoms with Gasteiger partial charge in [-0.1, -0.05) is 30.4 Å². The molecule has 0 radical (unpaired) electrons. The van der Waals surface area contributed by atoms with Crippen LogP contribution in [0.2, 0.25) is 0 Å². The summed E-state index contributed by atoms with van der Waals surface area (Å²) in [6.07, 6.45) is 5.53. The van der Waals surface area contributed by atoms with Crippen molar-refractivity contribution in [2.75, 3.05) is 19.0 Å². The van der Waals surface area contributed by atoms with Crippen molar-refractivity contribution >= 4 is 17.6 Å². The first-order valence-corrected chi connectivity index (χ1v) is 10.0. The van der Waals surface area contributed by atoms with Crippen molar-refractivity contribution in [1.82, 2.24) is 4.98 Å². The third kappa shape index (κ3) is 6.43. The molecule has 1 aromatic heterocycles. The van der Waals surface area contributed by atoms with E-state index in [9.17, 15) is 9.59 Å². The molecule has 0 fully saturated rings. The SMILES string of the molecule is C/C=C/COc1ccc(Oc2ccc(CC(=O)Nc3ccccc3C(=O)OC)cn2)cc1. The Morgan fingerprint density at radius 2 is 1.75 bits per heavy atom. The van der Waals surface area contributed by atoms with E-state index in [1.807, 2.05) is 31.2 Å². The van der Waals surface area contributed by atoms with Crippen molar-refractivity contribution in [2.45, 2.75) is 13.3 Å². The number of nitrogens with one attached hydrogen (secondary N) is 1. The number of methoxy groups -OCH3 is 1. The number of para-hydroxylation sites is 1. The number of hydrogen-bond acceptors (Lipinski definition) is 6. The van der Waals surface area contributed by atoms with Crippen molar-refractivity contribution in [3.8, 4) is 17.4 Å². The quantitative estimate of drug-likeness (QED) is 0.386. The Morgan fingerprint density at radius 1 is 1.00 bits per heavy atom. The molecule has 3 aromatic rings. The largest absolute Gasteiger partial charge is 0.490 e. The second-order valence-corrected chi connectivity index (χ2v) is 6.72. The van der Waals surface area contributed by atoms with Crippen LogP contribution in [-0.2, 0) is 16.0 Å². The van der Waals surface area contributed by atoms with Crippen LogP contribution in [0.15, 0.2) is 79.0 Å². The number of benzene rings is 2. The molecule has 2 aromatic carbocycles. The number of allylic oxidation sites excluding steroid dienone is 1. The predicted octanol–water partition coefficient (Wildman–Crippen LogP) is 4.80. The summed E-state index contributed by atoms with van der Waals surface area (Å²) in [5, 5.41) is 2.74. The van der Waals surface area contributed by atoms with Gasteiger partial charge in [-0.05, 0) is 48.9 Å². The summed E-state index contributed by atoms with van der Waals surface area (Å²) >= 11 is 0. The van der Waals surface area contributed by atoms with Gasteiger partial charge in [0.15, 0.2) is 0 Å². The number of amides is 1. The summed E-state index contributed by atoms with van der Waals surface area (Å²) in [7, 11) is 1.30. The molecular formula is C25H24N2O5. The van der Waals surface area contributed by atoms with Crippen molar-refractivity contribution in [3.05, 3.63) is 90.1 Å². The lowest BCUT2D eigenvalue weighted by molar-refractivity contribution is -0.115. The number of hydrogen-bond donors (Lipinski definition) is 1. The van der Waals surface area contributed by atoms with E-state index >= 15 is 0 Å². The second kappa shape index (κ2) is 11.3. The van der Waals surface area contributed by atoms with Crippen LogP contribution in [-0.4, -0.2) is 30.6 Å². The molecule has 0 aliphatic rings. The van der Waals surface area contributed by atoms with Gasteiger partial charge in [-0.15, -0.1) is 0 Å². The molecule has 7 heteroatoms. The highest BCUT2D eigenvalue weighted by Gasteiger charge is 2.13. The van der Waals surface area contributed by atoms with Gasteiger partial charge in [-0.3, -0.25) is 4.79 Å². The molecule has 3 rings (SSSR count). The summed E-state index contributed by atoms with van der Waals surface area (Å²) < 4.78 is 16.0. The van der Waals surface area contributed by atoms with Gasteiger partial charge >= 0.3 is 5.97 Å². The fourth-order valence-electron chi connectivity index (χ4n) is 2.80. The lowest BCUT2D eigenvalue weighted by Crippen LogP contribution is -2.17. The van der Waals surface area contributed by atoms with E-state index in [1.54, 1.807) is 54.7 Å². The molecular weight excluding hydrogens is 408 g/mol. The highest BCUT2D eigenvalue weighted by atomic mass is 16.5. The third-order valence-corrected chi connectivity index (χ3v) is 4.40. The Kier molecular flexibility index (Phi) is 7.97. The molecule has 0 unspecified atom stereocenters. The number of carbonyl (C=O) groups excluding carboxylic acids is 2. The number of anilines is 1. The van der Waals surface area contributed by atoms with E-state index in [4.69, 9.17) is 14.2 Å². The Labute approximate surface area is 186 Å². The van der Waals surface area contributed by atoms with Gasteiger partial charge in [0.25, 0.3) is 0 Å². The van der Waals surface area contributed by atoms with Crippen LogP contribution in [0, 0.1) is 0 Å². The number of ether oxygens (including phenoxy) is 3. The molecule has 0 atom stereocenters. The van der Waals surface area contributed by atoms with E-state index in [0.29, 0.717) is 35.1 Å². The fourth-order valence-corrected chi connectivity index (χ4v) is 2.80. The second-order valence-electron chi connectivity index (χ2n) is 6.72.